The highest BCUT2D eigenvalue weighted by Gasteiger charge is 2.09. The number of thiazole rings is 1. The summed E-state index contributed by atoms with van der Waals surface area (Å²) < 4.78 is 0. The number of unbranched alkanes of at least 4 members (excludes halogenated alkanes) is 2. The number of urea groups is 1. The molecule has 0 saturated carbocycles. The second-order valence-electron chi connectivity index (χ2n) is 5.72. The summed E-state index contributed by atoms with van der Waals surface area (Å²) in [4.78, 5) is 43.3. The number of hydrogen-bond acceptors (Lipinski definition) is 6. The van der Waals surface area contributed by atoms with Gasteiger partial charge in [0, 0.05) is 18.3 Å². The molecule has 4 amide bonds. The number of benzene rings is 1. The van der Waals surface area contributed by atoms with Gasteiger partial charge in [-0.3, -0.25) is 14.4 Å². The van der Waals surface area contributed by atoms with E-state index >= 15 is 0 Å². The molecule has 0 bridgehead atoms. The highest BCUT2D eigenvalue weighted by atomic mass is 32.1. The van der Waals surface area contributed by atoms with E-state index in [4.69, 9.17) is 10.6 Å². The average Bonchev–Trinajstić information content (AvgIpc) is 3.14. The fraction of sp³-hybridized carbons (Fsp3) is 0.278. The third-order valence-electron chi connectivity index (χ3n) is 3.48. The summed E-state index contributed by atoms with van der Waals surface area (Å²) in [5.74, 6) is -0.937. The lowest BCUT2D eigenvalue weighted by Gasteiger charge is -2.08. The molecule has 0 aliphatic rings. The van der Waals surface area contributed by atoms with Gasteiger partial charge in [-0.05, 0) is 18.4 Å². The Kier molecular flexibility index (Phi) is 8.89. The van der Waals surface area contributed by atoms with Crippen LogP contribution in [0.15, 0.2) is 35.7 Å². The Morgan fingerprint density at radius 1 is 1.18 bits per heavy atom. The summed E-state index contributed by atoms with van der Waals surface area (Å²) in [5, 5.41) is 7.05. The fourth-order valence-electron chi connectivity index (χ4n) is 2.10. The van der Waals surface area contributed by atoms with Crippen molar-refractivity contribution in [2.24, 2.45) is 5.73 Å². The number of carbonyl (C=O) groups excluding carboxylic acids is 3. The van der Waals surface area contributed by atoms with Crippen LogP contribution in [0.3, 0.4) is 0 Å². The zero-order valence-electron chi connectivity index (χ0n) is 15.1. The first-order valence-corrected chi connectivity index (χ1v) is 9.51. The van der Waals surface area contributed by atoms with Crippen LogP contribution in [0.5, 0.6) is 0 Å². The molecule has 0 aliphatic carbocycles. The van der Waals surface area contributed by atoms with E-state index in [-0.39, 0.29) is 11.6 Å². The first-order chi connectivity index (χ1) is 13.5. The number of rotatable bonds is 11. The van der Waals surface area contributed by atoms with Crippen LogP contribution in [0.25, 0.3) is 0 Å². The Balaban J connectivity index is 1.47. The van der Waals surface area contributed by atoms with E-state index in [1.165, 1.54) is 11.8 Å². The van der Waals surface area contributed by atoms with Gasteiger partial charge in [0.05, 0.1) is 6.61 Å². The molecule has 1 heterocycles. The molecule has 0 aliphatic heterocycles. The van der Waals surface area contributed by atoms with E-state index in [1.807, 2.05) is 30.3 Å². The lowest BCUT2D eigenvalue weighted by Crippen LogP contribution is -2.35. The summed E-state index contributed by atoms with van der Waals surface area (Å²) in [6.45, 7) is 0.753. The predicted octanol–water partition coefficient (Wildman–Crippen LogP) is 1.99. The Bertz CT molecular complexity index is 781. The fourth-order valence-corrected chi connectivity index (χ4v) is 2.80. The third-order valence-corrected chi connectivity index (χ3v) is 4.24. The molecule has 2 aromatic rings. The molecule has 149 valence electrons. The van der Waals surface area contributed by atoms with Gasteiger partial charge < -0.3 is 16.4 Å². The van der Waals surface area contributed by atoms with Crippen molar-refractivity contribution in [3.63, 3.8) is 0 Å². The maximum atomic E-state index is 11.8. The van der Waals surface area contributed by atoms with E-state index < -0.39 is 11.9 Å². The van der Waals surface area contributed by atoms with Crippen molar-refractivity contribution >= 4 is 34.3 Å². The summed E-state index contributed by atoms with van der Waals surface area (Å²) in [6, 6.07) is 9.08. The normalized spacial score (nSPS) is 10.3. The quantitative estimate of drug-likeness (QED) is 0.335. The van der Waals surface area contributed by atoms with E-state index in [0.717, 1.165) is 23.3 Å². The maximum Gasteiger partial charge on any atom is 0.338 e. The van der Waals surface area contributed by atoms with Crippen LogP contribution in [0.1, 0.15) is 35.3 Å². The van der Waals surface area contributed by atoms with Gasteiger partial charge in [-0.2, -0.15) is 0 Å². The van der Waals surface area contributed by atoms with Gasteiger partial charge >= 0.3 is 6.03 Å². The molecule has 0 atom stereocenters. The minimum atomic E-state index is -0.636. The van der Waals surface area contributed by atoms with Gasteiger partial charge in [0.15, 0.2) is 5.13 Å². The van der Waals surface area contributed by atoms with Crippen molar-refractivity contribution in [2.75, 3.05) is 11.9 Å². The first-order valence-electron chi connectivity index (χ1n) is 8.63. The number of primary amides is 1. The van der Waals surface area contributed by atoms with Gasteiger partial charge in [-0.25, -0.2) is 15.3 Å². The van der Waals surface area contributed by atoms with E-state index in [9.17, 15) is 14.4 Å². The van der Waals surface area contributed by atoms with Gasteiger partial charge in [0.2, 0.25) is 5.91 Å². The van der Waals surface area contributed by atoms with Crippen molar-refractivity contribution in [3.8, 4) is 0 Å². The minimum absolute atomic E-state index is 0.123. The zero-order chi connectivity index (χ0) is 20.2. The Morgan fingerprint density at radius 2 is 1.96 bits per heavy atom. The molecule has 0 fully saturated rings. The Morgan fingerprint density at radius 3 is 2.68 bits per heavy atom. The second-order valence-corrected chi connectivity index (χ2v) is 6.58. The molecule has 0 spiro atoms. The molecule has 5 N–H and O–H groups in total. The van der Waals surface area contributed by atoms with Crippen LogP contribution in [0.4, 0.5) is 9.93 Å². The zero-order valence-corrected chi connectivity index (χ0v) is 16.0. The molecule has 28 heavy (non-hydrogen) atoms. The highest BCUT2D eigenvalue weighted by molar-refractivity contribution is 7.14. The van der Waals surface area contributed by atoms with Crippen LogP contribution in [-0.2, 0) is 16.2 Å². The largest absolute Gasteiger partial charge is 0.364 e. The van der Waals surface area contributed by atoms with Gasteiger partial charge in [0.25, 0.3) is 5.91 Å². The van der Waals surface area contributed by atoms with Crippen LogP contribution in [-0.4, -0.2) is 29.4 Å². The Hall–Kier alpha value is -2.98. The van der Waals surface area contributed by atoms with Crippen molar-refractivity contribution < 1.29 is 19.2 Å². The average molecular weight is 404 g/mol. The van der Waals surface area contributed by atoms with E-state index in [0.29, 0.717) is 31.1 Å². The van der Waals surface area contributed by atoms with Crippen molar-refractivity contribution in [3.05, 3.63) is 53.4 Å². The van der Waals surface area contributed by atoms with Crippen LogP contribution in [0, 0.1) is 6.42 Å². The van der Waals surface area contributed by atoms with E-state index in [2.05, 4.69) is 21.1 Å². The molecule has 1 aromatic carbocycles. The van der Waals surface area contributed by atoms with Crippen molar-refractivity contribution in [1.29, 1.82) is 0 Å². The monoisotopic (exact) mass is 404 g/mol. The maximum absolute atomic E-state index is 11.8. The molecule has 1 radical (unpaired) electrons. The number of amides is 4. The first kappa shape index (κ1) is 21.3. The number of hydroxylamine groups is 1. The van der Waals surface area contributed by atoms with Crippen LogP contribution in [0.2, 0.25) is 0 Å². The number of anilines is 1. The topological polar surface area (TPSA) is 135 Å². The number of hydrogen-bond donors (Lipinski definition) is 4. The van der Waals surface area contributed by atoms with Gasteiger partial charge in [0.1, 0.15) is 5.69 Å². The molecule has 0 unspecified atom stereocenters. The Labute approximate surface area is 166 Å². The number of nitrogens with one attached hydrogen (secondary N) is 3. The molecule has 9 nitrogen and oxygen atoms in total. The van der Waals surface area contributed by atoms with Gasteiger partial charge in [-0.15, -0.1) is 11.3 Å². The number of nitrogens with zero attached hydrogens (tertiary/aromatic N) is 1. The predicted molar refractivity (Wildman–Crippen MR) is 105 cm³/mol. The van der Waals surface area contributed by atoms with Crippen LogP contribution < -0.4 is 21.8 Å². The van der Waals surface area contributed by atoms with Crippen molar-refractivity contribution in [2.45, 2.75) is 25.9 Å². The highest BCUT2D eigenvalue weighted by Crippen LogP contribution is 2.15. The van der Waals surface area contributed by atoms with Crippen molar-refractivity contribution in [1.82, 2.24) is 15.8 Å². The standard InChI is InChI=1S/C18H22N5O4S/c19-16(25)14-12-28-18(21-14)22-15(24)9-5-2-6-10-20-17(26)23-27-11-13-7-3-1-4-8-13/h1,3-4,7-9,12H,2,5-6,10-11H2,(H2,19,25)(H2,20,23,26)(H,21,22,24). The second kappa shape index (κ2) is 11.7. The van der Waals surface area contributed by atoms with Crippen LogP contribution >= 0.6 is 11.3 Å². The number of nitrogens with two attached hydrogens (primary N) is 1. The molecular weight excluding hydrogens is 382 g/mol. The van der Waals surface area contributed by atoms with Gasteiger partial charge in [-0.1, -0.05) is 36.8 Å². The van der Waals surface area contributed by atoms with E-state index in [1.54, 1.807) is 0 Å². The molecule has 1 aromatic heterocycles. The summed E-state index contributed by atoms with van der Waals surface area (Å²) >= 11 is 1.13. The lowest BCUT2D eigenvalue weighted by molar-refractivity contribution is -0.113. The number of carbonyl (C=O) groups is 3. The lowest BCUT2D eigenvalue weighted by atomic mass is 10.2. The summed E-state index contributed by atoms with van der Waals surface area (Å²) in [5.41, 5.74) is 8.50. The molecule has 10 heteroatoms. The molecular formula is C18H22N5O4S. The smallest absolute Gasteiger partial charge is 0.338 e. The minimum Gasteiger partial charge on any atom is -0.364 e. The summed E-state index contributed by atoms with van der Waals surface area (Å²) in [6.07, 6.45) is 3.48. The number of aromatic nitrogens is 1. The third kappa shape index (κ3) is 8.14. The SMILES string of the molecule is NC(=O)c1csc(NC(=O)[CH]CCCCNC(=O)NOCc2ccccc2)n1. The summed E-state index contributed by atoms with van der Waals surface area (Å²) in [7, 11) is 0. The molecule has 0 saturated heterocycles. The molecule has 2 rings (SSSR count).